The molecule has 3 rings (SSSR count). The Labute approximate surface area is 192 Å². The van der Waals surface area contributed by atoms with E-state index in [0.29, 0.717) is 23.9 Å². The third-order valence-corrected chi connectivity index (χ3v) is 5.37. The fourth-order valence-corrected chi connectivity index (χ4v) is 3.46. The molecule has 0 spiro atoms. The van der Waals surface area contributed by atoms with Crippen LogP contribution in [0, 0.1) is 5.92 Å². The second-order valence-corrected chi connectivity index (χ2v) is 8.26. The van der Waals surface area contributed by atoms with Crippen molar-refractivity contribution in [2.45, 2.75) is 40.7 Å². The molecule has 3 aromatic rings. The van der Waals surface area contributed by atoms with Gasteiger partial charge in [-0.15, -0.1) is 5.10 Å². The summed E-state index contributed by atoms with van der Waals surface area (Å²) in [5.74, 6) is 0.396. The summed E-state index contributed by atoms with van der Waals surface area (Å²) >= 11 is 0. The van der Waals surface area contributed by atoms with Gasteiger partial charge in [-0.3, -0.25) is 15.6 Å². The number of benzene rings is 1. The van der Waals surface area contributed by atoms with Gasteiger partial charge in [0.1, 0.15) is 12.2 Å². The maximum Gasteiger partial charge on any atom is 0.292 e. The Hall–Kier alpha value is -3.73. The molecule has 0 aliphatic carbocycles. The number of carbonyl (C=O) groups excluding carboxylic acids is 1. The summed E-state index contributed by atoms with van der Waals surface area (Å²) in [6, 6.07) is 8.09. The smallest absolute Gasteiger partial charge is 0.292 e. The average Bonchev–Trinajstić information content (AvgIpc) is 3.41. The van der Waals surface area contributed by atoms with Crippen molar-refractivity contribution in [2.75, 3.05) is 18.8 Å². The van der Waals surface area contributed by atoms with Crippen molar-refractivity contribution < 1.29 is 14.3 Å². The van der Waals surface area contributed by atoms with Crippen LogP contribution in [0.1, 0.15) is 55.0 Å². The van der Waals surface area contributed by atoms with Crippen LogP contribution in [-0.4, -0.2) is 44.3 Å². The molecular weight excluding hydrogens is 422 g/mol. The first-order valence-corrected chi connectivity index (χ1v) is 11.0. The molecule has 0 radical (unpaired) electrons. The summed E-state index contributed by atoms with van der Waals surface area (Å²) in [7, 11) is 0. The molecule has 2 aromatic heterocycles. The van der Waals surface area contributed by atoms with E-state index in [-0.39, 0.29) is 17.3 Å². The van der Waals surface area contributed by atoms with Crippen molar-refractivity contribution in [1.29, 1.82) is 0 Å². The van der Waals surface area contributed by atoms with Gasteiger partial charge >= 0.3 is 0 Å². The predicted molar refractivity (Wildman–Crippen MR) is 124 cm³/mol. The van der Waals surface area contributed by atoms with Gasteiger partial charge in [0.25, 0.3) is 5.91 Å². The predicted octanol–water partition coefficient (Wildman–Crippen LogP) is 0.761. The Morgan fingerprint density at radius 3 is 2.45 bits per heavy atom. The van der Waals surface area contributed by atoms with Crippen LogP contribution in [-0.2, 0) is 13.0 Å². The van der Waals surface area contributed by atoms with Crippen molar-refractivity contribution in [3.05, 3.63) is 53.4 Å². The summed E-state index contributed by atoms with van der Waals surface area (Å²) in [4.78, 5) is 14.2. The van der Waals surface area contributed by atoms with Crippen molar-refractivity contribution in [3.8, 4) is 5.82 Å². The molecule has 0 fully saturated rings. The van der Waals surface area contributed by atoms with E-state index in [1.165, 1.54) is 15.1 Å². The summed E-state index contributed by atoms with van der Waals surface area (Å²) in [5, 5.41) is 15.5. The number of nitrogen functional groups attached to an aromatic ring is 1. The van der Waals surface area contributed by atoms with Gasteiger partial charge in [0, 0.05) is 0 Å². The second-order valence-electron chi connectivity index (χ2n) is 8.26. The van der Waals surface area contributed by atoms with Crippen molar-refractivity contribution in [2.24, 2.45) is 5.92 Å². The Morgan fingerprint density at radius 1 is 1.18 bits per heavy atom. The minimum atomic E-state index is -0.449. The standard InChI is InChI=1S/C22H31N9O2/c1-6-30(7-2)13-18-19(25-29-31(18)21-20(23)27-33-28-21)22(32)26-24-15(5)17-10-8-16(9-11-17)12-14(3)4/h8-11,14,24H,5-7,12-13H2,1-4H3,(H2,23,27)(H,26,32)/p+1. The molecule has 0 saturated heterocycles. The third-order valence-electron chi connectivity index (χ3n) is 5.37. The molecule has 1 aromatic carbocycles. The lowest BCUT2D eigenvalue weighted by molar-refractivity contribution is -0.910. The number of nitrogens with zero attached hydrogens (tertiary/aromatic N) is 5. The molecule has 0 saturated carbocycles. The summed E-state index contributed by atoms with van der Waals surface area (Å²) < 4.78 is 6.09. The summed E-state index contributed by atoms with van der Waals surface area (Å²) in [5.41, 5.74) is 14.8. The van der Waals surface area contributed by atoms with Gasteiger partial charge < -0.3 is 10.6 Å². The quantitative estimate of drug-likeness (QED) is 0.311. The molecule has 0 aliphatic heterocycles. The molecule has 0 bridgehead atoms. The van der Waals surface area contributed by atoms with E-state index >= 15 is 0 Å². The first-order valence-electron chi connectivity index (χ1n) is 11.0. The molecule has 1 amide bonds. The van der Waals surface area contributed by atoms with Gasteiger partial charge in [0.2, 0.25) is 11.6 Å². The number of carbonyl (C=O) groups is 1. The van der Waals surface area contributed by atoms with Crippen molar-refractivity contribution in [3.63, 3.8) is 0 Å². The van der Waals surface area contributed by atoms with Crippen LogP contribution in [0.4, 0.5) is 5.82 Å². The molecule has 11 heteroatoms. The first-order chi connectivity index (χ1) is 15.8. The number of aromatic nitrogens is 5. The Bertz CT molecular complexity index is 1080. The fraction of sp³-hybridized carbons (Fsp3) is 0.409. The Kier molecular flexibility index (Phi) is 7.78. The highest BCUT2D eigenvalue weighted by Crippen LogP contribution is 2.16. The molecule has 0 unspecified atom stereocenters. The lowest BCUT2D eigenvalue weighted by Gasteiger charge is -2.16. The minimum Gasteiger partial charge on any atom is -0.378 e. The Morgan fingerprint density at radius 2 is 1.88 bits per heavy atom. The third kappa shape index (κ3) is 5.75. The number of quaternary nitrogens is 1. The zero-order valence-corrected chi connectivity index (χ0v) is 19.6. The highest BCUT2D eigenvalue weighted by molar-refractivity contribution is 5.93. The first kappa shape index (κ1) is 23.9. The number of hydrazine groups is 1. The summed E-state index contributed by atoms with van der Waals surface area (Å²) in [6.45, 7) is 14.7. The van der Waals surface area contributed by atoms with Gasteiger partial charge in [0.05, 0.1) is 18.8 Å². The van der Waals surface area contributed by atoms with Gasteiger partial charge in [-0.1, -0.05) is 49.9 Å². The van der Waals surface area contributed by atoms with E-state index < -0.39 is 5.91 Å². The van der Waals surface area contributed by atoms with Crippen molar-refractivity contribution in [1.82, 2.24) is 36.2 Å². The second kappa shape index (κ2) is 10.7. The maximum absolute atomic E-state index is 13.0. The lowest BCUT2D eigenvalue weighted by Crippen LogP contribution is -3.10. The zero-order valence-electron chi connectivity index (χ0n) is 19.6. The number of nitrogens with one attached hydrogen (secondary N) is 3. The number of anilines is 1. The molecule has 33 heavy (non-hydrogen) atoms. The van der Waals surface area contributed by atoms with Crippen LogP contribution in [0.15, 0.2) is 35.5 Å². The summed E-state index contributed by atoms with van der Waals surface area (Å²) in [6.07, 6.45) is 1.01. The van der Waals surface area contributed by atoms with Gasteiger partial charge in [0.15, 0.2) is 5.69 Å². The molecule has 11 nitrogen and oxygen atoms in total. The molecule has 176 valence electrons. The molecular formula is C22H32N9O2+. The number of hydrogen-bond donors (Lipinski definition) is 4. The van der Waals surface area contributed by atoms with E-state index in [4.69, 9.17) is 10.4 Å². The average molecular weight is 455 g/mol. The van der Waals surface area contributed by atoms with Crippen LogP contribution in [0.2, 0.25) is 0 Å². The molecule has 0 atom stereocenters. The molecule has 5 N–H and O–H groups in total. The van der Waals surface area contributed by atoms with Gasteiger partial charge in [-0.2, -0.15) is 4.68 Å². The van der Waals surface area contributed by atoms with Crippen LogP contribution in [0.3, 0.4) is 0 Å². The fourth-order valence-electron chi connectivity index (χ4n) is 3.46. The van der Waals surface area contributed by atoms with Crippen molar-refractivity contribution >= 4 is 17.4 Å². The Balaban J connectivity index is 1.75. The number of amides is 1. The van der Waals surface area contributed by atoms with Crippen LogP contribution < -0.4 is 21.5 Å². The zero-order chi connectivity index (χ0) is 24.0. The lowest BCUT2D eigenvalue weighted by atomic mass is 10.0. The van der Waals surface area contributed by atoms with Crippen LogP contribution >= 0.6 is 0 Å². The minimum absolute atomic E-state index is 0.0649. The molecule has 0 aliphatic rings. The van der Waals surface area contributed by atoms with E-state index in [9.17, 15) is 4.79 Å². The maximum atomic E-state index is 13.0. The van der Waals surface area contributed by atoms with E-state index in [0.717, 1.165) is 25.1 Å². The number of hydrogen-bond acceptors (Lipinski definition) is 8. The van der Waals surface area contributed by atoms with Gasteiger partial charge in [-0.25, -0.2) is 4.63 Å². The van der Waals surface area contributed by atoms with E-state index in [1.54, 1.807) is 0 Å². The SMILES string of the molecule is C=C(NNC(=O)c1nnn(-c2nonc2N)c1C[NH+](CC)CC)c1ccc(CC(C)C)cc1. The molecule has 2 heterocycles. The largest absolute Gasteiger partial charge is 0.378 e. The van der Waals surface area contributed by atoms with Crippen LogP contribution in [0.5, 0.6) is 0 Å². The topological polar surface area (TPSA) is 141 Å². The normalized spacial score (nSPS) is 11.2. The van der Waals surface area contributed by atoms with E-state index in [2.05, 4.69) is 77.9 Å². The van der Waals surface area contributed by atoms with E-state index in [1.807, 2.05) is 12.1 Å². The highest BCUT2D eigenvalue weighted by Gasteiger charge is 2.26. The van der Waals surface area contributed by atoms with Crippen LogP contribution in [0.25, 0.3) is 11.5 Å². The number of nitrogens with two attached hydrogens (primary N) is 1. The monoisotopic (exact) mass is 454 g/mol. The number of rotatable bonds is 11. The van der Waals surface area contributed by atoms with Gasteiger partial charge in [-0.05, 0) is 47.6 Å². The highest BCUT2D eigenvalue weighted by atomic mass is 16.6.